The van der Waals surface area contributed by atoms with Crippen molar-refractivity contribution in [3.05, 3.63) is 71.2 Å². The summed E-state index contributed by atoms with van der Waals surface area (Å²) in [6, 6.07) is 19.3. The van der Waals surface area contributed by atoms with Gasteiger partial charge in [-0.25, -0.2) is 9.32 Å². The fraction of sp³-hybridized carbons (Fsp3) is 0.105. The molecule has 0 amide bonds. The molecular weight excluding hydrogens is 417 g/mol. The molecule has 7 heteroatoms. The molecule has 0 aliphatic rings. The zero-order chi connectivity index (χ0) is 18.5. The van der Waals surface area contributed by atoms with Crippen molar-refractivity contribution in [2.24, 2.45) is 0 Å². The Labute approximate surface area is 160 Å². The lowest BCUT2D eigenvalue weighted by Crippen LogP contribution is -2.33. The summed E-state index contributed by atoms with van der Waals surface area (Å²) >= 11 is 3.31. The standard InChI is InChI=1S/C19H16BrNO4P/c1-13(21-26(23)25-17-10-7-16(20)8-11-17)19(22)24-18-9-6-14-4-2-3-5-15(14)12-18/h2-13H,1H3,(H,21,23)/q+1/t13-/m0/s1. The Morgan fingerprint density at radius 2 is 1.65 bits per heavy atom. The maximum Gasteiger partial charge on any atom is 0.664 e. The van der Waals surface area contributed by atoms with E-state index in [0.717, 1.165) is 15.2 Å². The molecule has 0 bridgehead atoms. The van der Waals surface area contributed by atoms with Gasteiger partial charge in [-0.15, -0.1) is 0 Å². The summed E-state index contributed by atoms with van der Waals surface area (Å²) in [5, 5.41) is 4.64. The minimum absolute atomic E-state index is 0.436. The normalized spacial score (nSPS) is 12.5. The van der Waals surface area contributed by atoms with E-state index < -0.39 is 20.2 Å². The Morgan fingerprint density at radius 1 is 1.00 bits per heavy atom. The molecule has 0 aliphatic carbocycles. The monoisotopic (exact) mass is 432 g/mol. The Bertz CT molecular complexity index is 946. The van der Waals surface area contributed by atoms with E-state index in [-0.39, 0.29) is 0 Å². The van der Waals surface area contributed by atoms with E-state index in [0.29, 0.717) is 11.5 Å². The van der Waals surface area contributed by atoms with Gasteiger partial charge in [-0.3, -0.25) is 0 Å². The second kappa shape index (κ2) is 8.41. The lowest BCUT2D eigenvalue weighted by molar-refractivity contribution is -0.135. The molecule has 0 fully saturated rings. The van der Waals surface area contributed by atoms with Crippen LogP contribution in [-0.4, -0.2) is 12.0 Å². The molecule has 3 aromatic rings. The molecule has 1 N–H and O–H groups in total. The van der Waals surface area contributed by atoms with Gasteiger partial charge >= 0.3 is 14.1 Å². The molecule has 3 aromatic carbocycles. The van der Waals surface area contributed by atoms with E-state index >= 15 is 0 Å². The highest BCUT2D eigenvalue weighted by atomic mass is 79.9. The number of benzene rings is 3. The predicted octanol–water partition coefficient (Wildman–Crippen LogP) is 5.22. The van der Waals surface area contributed by atoms with Gasteiger partial charge in [0.2, 0.25) is 0 Å². The number of nitrogens with one attached hydrogen (secondary N) is 1. The SMILES string of the molecule is C[C@H](N[P+](=O)Oc1ccc(Br)cc1)C(=O)Oc1ccc2ccccc2c1. The third-order valence-electron chi connectivity index (χ3n) is 3.59. The first-order valence-corrected chi connectivity index (χ1v) is 9.86. The molecular formula is C19H16BrNO4P+. The van der Waals surface area contributed by atoms with Crippen LogP contribution in [0, 0.1) is 0 Å². The summed E-state index contributed by atoms with van der Waals surface area (Å²) in [6.45, 7) is 1.57. The van der Waals surface area contributed by atoms with Crippen molar-refractivity contribution in [3.63, 3.8) is 0 Å². The third-order valence-corrected chi connectivity index (χ3v) is 5.10. The first-order valence-electron chi connectivity index (χ1n) is 7.89. The minimum Gasteiger partial charge on any atom is -0.425 e. The van der Waals surface area contributed by atoms with Crippen LogP contribution in [0.1, 0.15) is 6.92 Å². The van der Waals surface area contributed by atoms with Gasteiger partial charge < -0.3 is 4.74 Å². The molecule has 0 aliphatic heterocycles. The van der Waals surface area contributed by atoms with Crippen LogP contribution < -0.4 is 14.3 Å². The van der Waals surface area contributed by atoms with E-state index in [2.05, 4.69) is 21.0 Å². The van der Waals surface area contributed by atoms with Crippen molar-refractivity contribution in [1.82, 2.24) is 5.09 Å². The zero-order valence-corrected chi connectivity index (χ0v) is 16.4. The molecule has 5 nitrogen and oxygen atoms in total. The number of ether oxygens (including phenoxy) is 1. The summed E-state index contributed by atoms with van der Waals surface area (Å²) in [6.07, 6.45) is 0. The number of fused-ring (bicyclic) bond motifs is 1. The minimum atomic E-state index is -2.26. The molecule has 1 unspecified atom stereocenters. The number of esters is 1. The van der Waals surface area contributed by atoms with Crippen LogP contribution in [0.25, 0.3) is 10.8 Å². The lowest BCUT2D eigenvalue weighted by atomic mass is 10.1. The highest BCUT2D eigenvalue weighted by Crippen LogP contribution is 2.26. The Morgan fingerprint density at radius 3 is 2.38 bits per heavy atom. The maximum absolute atomic E-state index is 12.2. The Balaban J connectivity index is 1.57. The van der Waals surface area contributed by atoms with Crippen LogP contribution in [0.15, 0.2) is 71.2 Å². The second-order valence-corrected chi connectivity index (χ2v) is 7.45. The highest BCUT2D eigenvalue weighted by molar-refractivity contribution is 9.10. The number of halogens is 1. The lowest BCUT2D eigenvalue weighted by Gasteiger charge is -2.08. The Hall–Kier alpha value is -2.27. The average molecular weight is 433 g/mol. The summed E-state index contributed by atoms with van der Waals surface area (Å²) in [5.74, 6) is 0.339. The van der Waals surface area contributed by atoms with Crippen LogP contribution in [0.2, 0.25) is 0 Å². The van der Waals surface area contributed by atoms with E-state index in [9.17, 15) is 9.36 Å². The Kier molecular flexibility index (Phi) is 5.99. The van der Waals surface area contributed by atoms with Gasteiger partial charge in [-0.1, -0.05) is 51.3 Å². The van der Waals surface area contributed by atoms with Crippen molar-refractivity contribution in [1.29, 1.82) is 0 Å². The number of carbonyl (C=O) groups is 1. The van der Waals surface area contributed by atoms with Gasteiger partial charge in [0.15, 0.2) is 5.75 Å². The van der Waals surface area contributed by atoms with E-state index in [1.807, 2.05) is 30.3 Å². The quantitative estimate of drug-likeness (QED) is 0.328. The zero-order valence-electron chi connectivity index (χ0n) is 13.9. The number of carbonyl (C=O) groups excluding carboxylic acids is 1. The van der Waals surface area contributed by atoms with Crippen LogP contribution in [0.3, 0.4) is 0 Å². The smallest absolute Gasteiger partial charge is 0.425 e. The van der Waals surface area contributed by atoms with Crippen molar-refractivity contribution >= 4 is 40.9 Å². The van der Waals surface area contributed by atoms with Crippen LogP contribution in [0.5, 0.6) is 11.5 Å². The summed E-state index contributed by atoms with van der Waals surface area (Å²) in [7, 11) is -2.26. The molecule has 2 atom stereocenters. The maximum atomic E-state index is 12.2. The van der Waals surface area contributed by atoms with Gasteiger partial charge in [-0.05, 0) is 54.1 Å². The molecule has 3 rings (SSSR count). The summed E-state index contributed by atoms with van der Waals surface area (Å²) < 4.78 is 23.6. The van der Waals surface area contributed by atoms with Gasteiger partial charge in [0, 0.05) is 9.04 Å². The van der Waals surface area contributed by atoms with Gasteiger partial charge in [0.25, 0.3) is 0 Å². The topological polar surface area (TPSA) is 64.6 Å². The van der Waals surface area contributed by atoms with Gasteiger partial charge in [0.05, 0.1) is 0 Å². The van der Waals surface area contributed by atoms with Crippen LogP contribution in [-0.2, 0) is 9.36 Å². The second-order valence-electron chi connectivity index (χ2n) is 5.58. The average Bonchev–Trinajstić information content (AvgIpc) is 2.63. The van der Waals surface area contributed by atoms with Crippen LogP contribution in [0.4, 0.5) is 0 Å². The predicted molar refractivity (Wildman–Crippen MR) is 105 cm³/mol. The van der Waals surface area contributed by atoms with E-state index in [1.165, 1.54) is 0 Å². The molecule has 0 aromatic heterocycles. The largest absolute Gasteiger partial charge is 0.664 e. The fourth-order valence-electron chi connectivity index (χ4n) is 2.26. The molecule has 26 heavy (non-hydrogen) atoms. The third kappa shape index (κ3) is 4.88. The number of hydrogen-bond acceptors (Lipinski definition) is 4. The van der Waals surface area contributed by atoms with E-state index in [4.69, 9.17) is 9.26 Å². The van der Waals surface area contributed by atoms with Crippen molar-refractivity contribution < 1.29 is 18.6 Å². The van der Waals surface area contributed by atoms with Gasteiger partial charge in [-0.2, -0.15) is 0 Å². The molecule has 0 radical (unpaired) electrons. The van der Waals surface area contributed by atoms with Crippen LogP contribution >= 0.6 is 24.1 Å². The van der Waals surface area contributed by atoms with Crippen molar-refractivity contribution in [2.75, 3.05) is 0 Å². The van der Waals surface area contributed by atoms with Gasteiger partial charge in [0.1, 0.15) is 11.8 Å². The molecule has 0 heterocycles. The fourth-order valence-corrected chi connectivity index (χ4v) is 3.32. The van der Waals surface area contributed by atoms with E-state index in [1.54, 1.807) is 43.3 Å². The first kappa shape index (κ1) is 18.5. The molecule has 0 saturated carbocycles. The van der Waals surface area contributed by atoms with Crippen molar-refractivity contribution in [2.45, 2.75) is 13.0 Å². The molecule has 0 spiro atoms. The number of rotatable bonds is 6. The first-order chi connectivity index (χ1) is 12.5. The number of hydrogen-bond donors (Lipinski definition) is 1. The molecule has 0 saturated heterocycles. The van der Waals surface area contributed by atoms with Crippen molar-refractivity contribution in [3.8, 4) is 11.5 Å². The highest BCUT2D eigenvalue weighted by Gasteiger charge is 2.28. The molecule has 132 valence electrons. The summed E-state index contributed by atoms with van der Waals surface area (Å²) in [5.41, 5.74) is 0. The summed E-state index contributed by atoms with van der Waals surface area (Å²) in [4.78, 5) is 12.2.